The van der Waals surface area contributed by atoms with E-state index in [1.165, 1.54) is 11.8 Å². The van der Waals surface area contributed by atoms with Crippen LogP contribution in [0.1, 0.15) is 27.7 Å². The molecule has 0 radical (unpaired) electrons. The van der Waals surface area contributed by atoms with Crippen molar-refractivity contribution >= 4 is 23.5 Å². The van der Waals surface area contributed by atoms with Gasteiger partial charge in [-0.2, -0.15) is 5.26 Å². The first-order valence-electron chi connectivity index (χ1n) is 8.05. The number of nitriles is 1. The van der Waals surface area contributed by atoms with Gasteiger partial charge in [-0.05, 0) is 30.2 Å². The number of benzene rings is 2. The molecule has 0 aliphatic heterocycles. The Bertz CT molecular complexity index is 931. The molecule has 0 fully saturated rings. The summed E-state index contributed by atoms with van der Waals surface area (Å²) in [5.74, 6) is 1.49. The van der Waals surface area contributed by atoms with Gasteiger partial charge in [-0.15, -0.1) is 11.8 Å². The Kier molecular flexibility index (Phi) is 5.72. The summed E-state index contributed by atoms with van der Waals surface area (Å²) in [6.07, 6.45) is 0. The lowest BCUT2D eigenvalue weighted by atomic mass is 10.1. The molecule has 5 nitrogen and oxygen atoms in total. The van der Waals surface area contributed by atoms with E-state index >= 15 is 0 Å². The van der Waals surface area contributed by atoms with Crippen molar-refractivity contribution in [3.63, 3.8) is 0 Å². The molecule has 26 heavy (non-hydrogen) atoms. The fourth-order valence-electron chi connectivity index (χ4n) is 2.48. The lowest BCUT2D eigenvalue weighted by molar-refractivity contribution is -0.115. The second-order valence-corrected chi connectivity index (χ2v) is 6.82. The summed E-state index contributed by atoms with van der Waals surface area (Å²) in [5.41, 5.74) is 2.52. The molecular weight excluding hydrogens is 346 g/mol. The van der Waals surface area contributed by atoms with Crippen LogP contribution in [0.2, 0.25) is 0 Å². The predicted octanol–water partition coefficient (Wildman–Crippen LogP) is 4.47. The fraction of sp³-hybridized carbons (Fsp3) is 0.150. The van der Waals surface area contributed by atoms with Gasteiger partial charge in [0.25, 0.3) is 0 Å². The SMILES string of the molecule is Cc1cc(NC(=O)C(SCc2cccc(C#N)c2)c2ccccc2)no1. The molecule has 3 aromatic rings. The van der Waals surface area contributed by atoms with Crippen molar-refractivity contribution in [2.24, 2.45) is 0 Å². The highest BCUT2D eigenvalue weighted by atomic mass is 32.2. The molecule has 0 spiro atoms. The molecule has 0 aliphatic rings. The Morgan fingerprint density at radius 3 is 2.73 bits per heavy atom. The quantitative estimate of drug-likeness (QED) is 0.699. The maximum Gasteiger partial charge on any atom is 0.243 e. The van der Waals surface area contributed by atoms with Gasteiger partial charge in [0.05, 0.1) is 11.6 Å². The average molecular weight is 363 g/mol. The normalized spacial score (nSPS) is 11.5. The Balaban J connectivity index is 1.77. The number of nitrogens with one attached hydrogen (secondary N) is 1. The van der Waals surface area contributed by atoms with E-state index in [1.807, 2.05) is 48.5 Å². The minimum atomic E-state index is -0.404. The van der Waals surface area contributed by atoms with Crippen LogP contribution in [-0.4, -0.2) is 11.1 Å². The second-order valence-electron chi connectivity index (χ2n) is 5.73. The van der Waals surface area contributed by atoms with Gasteiger partial charge in [0.15, 0.2) is 5.82 Å². The number of rotatable bonds is 6. The van der Waals surface area contributed by atoms with E-state index in [4.69, 9.17) is 9.78 Å². The summed E-state index contributed by atoms with van der Waals surface area (Å²) in [6, 6.07) is 20.8. The molecule has 1 heterocycles. The number of thioether (sulfide) groups is 1. The molecule has 0 aliphatic carbocycles. The zero-order valence-electron chi connectivity index (χ0n) is 14.2. The third kappa shape index (κ3) is 4.52. The minimum Gasteiger partial charge on any atom is -0.360 e. The third-order valence-electron chi connectivity index (χ3n) is 3.69. The van der Waals surface area contributed by atoms with Crippen LogP contribution in [0.3, 0.4) is 0 Å². The summed E-state index contributed by atoms with van der Waals surface area (Å²) in [7, 11) is 0. The maximum atomic E-state index is 12.8. The van der Waals surface area contributed by atoms with Gasteiger partial charge >= 0.3 is 0 Å². The highest BCUT2D eigenvalue weighted by molar-refractivity contribution is 7.99. The third-order valence-corrected chi connectivity index (χ3v) is 5.01. The van der Waals surface area contributed by atoms with Gasteiger partial charge in [-0.1, -0.05) is 47.6 Å². The number of nitrogens with zero attached hydrogens (tertiary/aromatic N) is 2. The molecule has 0 saturated heterocycles. The van der Waals surface area contributed by atoms with Crippen molar-refractivity contribution in [2.75, 3.05) is 5.32 Å². The second kappa shape index (κ2) is 8.37. The molecule has 3 rings (SSSR count). The summed E-state index contributed by atoms with van der Waals surface area (Å²) >= 11 is 1.50. The van der Waals surface area contributed by atoms with E-state index in [-0.39, 0.29) is 5.91 Å². The van der Waals surface area contributed by atoms with Crippen LogP contribution in [0.25, 0.3) is 0 Å². The molecule has 1 aromatic heterocycles. The van der Waals surface area contributed by atoms with Crippen molar-refractivity contribution in [2.45, 2.75) is 17.9 Å². The molecule has 1 N–H and O–H groups in total. The lowest BCUT2D eigenvalue weighted by Crippen LogP contribution is -2.19. The number of amides is 1. The van der Waals surface area contributed by atoms with Gasteiger partial charge in [0.1, 0.15) is 11.0 Å². The molecule has 2 aromatic carbocycles. The smallest absolute Gasteiger partial charge is 0.243 e. The minimum absolute atomic E-state index is 0.161. The van der Waals surface area contributed by atoms with Crippen LogP contribution in [0.4, 0.5) is 5.82 Å². The van der Waals surface area contributed by atoms with Crippen molar-refractivity contribution in [1.29, 1.82) is 5.26 Å². The number of carbonyl (C=O) groups excluding carboxylic acids is 1. The molecular formula is C20H17N3O2S. The van der Waals surface area contributed by atoms with E-state index in [0.717, 1.165) is 11.1 Å². The first-order valence-corrected chi connectivity index (χ1v) is 9.10. The topological polar surface area (TPSA) is 78.9 Å². The number of carbonyl (C=O) groups is 1. The zero-order valence-corrected chi connectivity index (χ0v) is 15.0. The Morgan fingerprint density at radius 2 is 2.04 bits per heavy atom. The van der Waals surface area contributed by atoms with Gasteiger partial charge < -0.3 is 9.84 Å². The monoisotopic (exact) mass is 363 g/mol. The summed E-state index contributed by atoms with van der Waals surface area (Å²) in [6.45, 7) is 1.77. The predicted molar refractivity (Wildman–Crippen MR) is 102 cm³/mol. The molecule has 6 heteroatoms. The summed E-state index contributed by atoms with van der Waals surface area (Å²) in [4.78, 5) is 12.8. The van der Waals surface area contributed by atoms with E-state index in [9.17, 15) is 4.79 Å². The number of aromatic nitrogens is 1. The summed E-state index contributed by atoms with van der Waals surface area (Å²) in [5, 5.41) is 15.3. The average Bonchev–Trinajstić information content (AvgIpc) is 3.07. The van der Waals surface area contributed by atoms with Crippen LogP contribution < -0.4 is 5.32 Å². The number of hydrogen-bond donors (Lipinski definition) is 1. The Hall–Kier alpha value is -3.04. The van der Waals surface area contributed by atoms with Crippen LogP contribution >= 0.6 is 11.8 Å². The molecule has 130 valence electrons. The van der Waals surface area contributed by atoms with Crippen molar-refractivity contribution in [3.05, 3.63) is 83.1 Å². The largest absolute Gasteiger partial charge is 0.360 e. The van der Waals surface area contributed by atoms with E-state index in [2.05, 4.69) is 16.5 Å². The van der Waals surface area contributed by atoms with Gasteiger partial charge in [0, 0.05) is 11.8 Å². The van der Waals surface area contributed by atoms with Gasteiger partial charge in [0.2, 0.25) is 5.91 Å². The van der Waals surface area contributed by atoms with Crippen LogP contribution in [0.5, 0.6) is 0 Å². The van der Waals surface area contributed by atoms with Crippen LogP contribution in [0, 0.1) is 18.3 Å². The lowest BCUT2D eigenvalue weighted by Gasteiger charge is -2.16. The number of anilines is 1. The van der Waals surface area contributed by atoms with Crippen molar-refractivity contribution in [3.8, 4) is 6.07 Å². The standard InChI is InChI=1S/C20H17N3O2S/c1-14-10-18(23-25-14)22-20(24)19(17-8-3-2-4-9-17)26-13-16-7-5-6-15(11-16)12-21/h2-11,19H,13H2,1H3,(H,22,23,24). The Labute approximate surface area is 156 Å². The van der Waals surface area contributed by atoms with Gasteiger partial charge in [-0.3, -0.25) is 4.79 Å². The number of aryl methyl sites for hydroxylation is 1. The number of hydrogen-bond acceptors (Lipinski definition) is 5. The van der Waals surface area contributed by atoms with E-state index in [0.29, 0.717) is 22.9 Å². The van der Waals surface area contributed by atoms with E-state index in [1.54, 1.807) is 19.1 Å². The summed E-state index contributed by atoms with van der Waals surface area (Å²) < 4.78 is 5.00. The molecule has 1 amide bonds. The first kappa shape index (κ1) is 17.8. The van der Waals surface area contributed by atoms with Crippen molar-refractivity contribution < 1.29 is 9.32 Å². The molecule has 0 saturated carbocycles. The molecule has 1 unspecified atom stereocenters. The van der Waals surface area contributed by atoms with Crippen LogP contribution in [0.15, 0.2) is 65.2 Å². The van der Waals surface area contributed by atoms with Crippen LogP contribution in [-0.2, 0) is 10.5 Å². The fourth-order valence-corrected chi connectivity index (χ4v) is 3.58. The Morgan fingerprint density at radius 1 is 1.23 bits per heavy atom. The van der Waals surface area contributed by atoms with E-state index < -0.39 is 5.25 Å². The molecule has 1 atom stereocenters. The van der Waals surface area contributed by atoms with Crippen molar-refractivity contribution in [1.82, 2.24) is 5.16 Å². The zero-order chi connectivity index (χ0) is 18.4. The maximum absolute atomic E-state index is 12.8. The highest BCUT2D eigenvalue weighted by Crippen LogP contribution is 2.33. The first-order chi connectivity index (χ1) is 12.7. The molecule has 0 bridgehead atoms. The highest BCUT2D eigenvalue weighted by Gasteiger charge is 2.22. The van der Waals surface area contributed by atoms with Gasteiger partial charge in [-0.25, -0.2) is 0 Å².